The molecule has 1 aromatic heterocycles. The second kappa shape index (κ2) is 7.09. The molecule has 1 aliphatic carbocycles. The van der Waals surface area contributed by atoms with E-state index in [2.05, 4.69) is 54.9 Å². The summed E-state index contributed by atoms with van der Waals surface area (Å²) in [5, 5.41) is 1.43. The molecule has 0 spiro atoms. The molecular formula is C17H14Cl3NZr. The molecule has 0 saturated carbocycles. The van der Waals surface area contributed by atoms with E-state index in [4.69, 9.17) is 0 Å². The van der Waals surface area contributed by atoms with E-state index in [1.54, 1.807) is 5.56 Å². The number of benzene rings is 2. The summed E-state index contributed by atoms with van der Waals surface area (Å²) < 4.78 is 3.87. The van der Waals surface area contributed by atoms with Crippen LogP contribution in [-0.2, 0) is 38.2 Å². The molecule has 0 fully saturated rings. The van der Waals surface area contributed by atoms with Crippen LogP contribution < -0.4 is 40.5 Å². The van der Waals surface area contributed by atoms with Crippen molar-refractivity contribution in [1.29, 1.82) is 0 Å². The van der Waals surface area contributed by atoms with Crippen molar-refractivity contribution in [2.24, 2.45) is 7.05 Å². The molecular weight excluding hydrogens is 416 g/mol. The van der Waals surface area contributed by atoms with Crippen molar-refractivity contribution in [1.82, 2.24) is 4.57 Å². The molecule has 0 N–H and O–H groups in total. The van der Waals surface area contributed by atoms with Crippen LogP contribution in [0.2, 0.25) is 0 Å². The summed E-state index contributed by atoms with van der Waals surface area (Å²) in [6.45, 7) is 2.18. The van der Waals surface area contributed by atoms with Gasteiger partial charge < -0.3 is 37.2 Å². The molecule has 22 heavy (non-hydrogen) atoms. The Hall–Kier alpha value is -0.267. The molecule has 0 unspecified atom stereocenters. The maximum atomic E-state index is 2.37. The van der Waals surface area contributed by atoms with Gasteiger partial charge in [0.1, 0.15) is 0 Å². The van der Waals surface area contributed by atoms with Crippen molar-refractivity contribution in [2.45, 2.75) is 13.3 Å². The van der Waals surface area contributed by atoms with Crippen LogP contribution in [0, 0.1) is 6.92 Å². The molecule has 2 aromatic carbocycles. The van der Waals surface area contributed by atoms with E-state index in [-0.39, 0.29) is 37.2 Å². The Kier molecular flexibility index (Phi) is 6.38. The maximum absolute atomic E-state index is 2.37. The molecule has 0 saturated heterocycles. The third-order valence-electron chi connectivity index (χ3n) is 4.24. The molecule has 0 amide bonds. The summed E-state index contributed by atoms with van der Waals surface area (Å²) in [5.41, 5.74) is 8.65. The topological polar surface area (TPSA) is 4.93 Å². The third kappa shape index (κ3) is 2.69. The van der Waals surface area contributed by atoms with Gasteiger partial charge in [-0.2, -0.15) is 0 Å². The van der Waals surface area contributed by atoms with Gasteiger partial charge in [0.15, 0.2) is 0 Å². The van der Waals surface area contributed by atoms with E-state index in [0.717, 1.165) is 6.42 Å². The van der Waals surface area contributed by atoms with E-state index in [0.29, 0.717) is 0 Å². The van der Waals surface area contributed by atoms with Crippen molar-refractivity contribution in [3.63, 3.8) is 0 Å². The average molecular weight is 430 g/mol. The minimum absolute atomic E-state index is 0. The summed E-state index contributed by atoms with van der Waals surface area (Å²) in [6.07, 6.45) is 1.10. The smallest absolute Gasteiger partial charge is 1.00 e. The van der Waals surface area contributed by atoms with Crippen LogP contribution in [0.15, 0.2) is 36.4 Å². The number of rotatable bonds is 0. The van der Waals surface area contributed by atoms with Gasteiger partial charge in [-0.25, -0.2) is 0 Å². The number of nitrogens with zero attached hydrogens (tertiary/aromatic N) is 1. The van der Waals surface area contributed by atoms with Crippen LogP contribution >= 0.6 is 0 Å². The van der Waals surface area contributed by atoms with Crippen LogP contribution in [0.5, 0.6) is 0 Å². The van der Waals surface area contributed by atoms with Gasteiger partial charge in [0.25, 0.3) is 0 Å². The Labute approximate surface area is 164 Å². The van der Waals surface area contributed by atoms with Gasteiger partial charge in [-0.3, -0.25) is 0 Å². The molecule has 0 aliphatic heterocycles. The zero-order chi connectivity index (χ0) is 13.1. The Balaban J connectivity index is 0.000000807. The monoisotopic (exact) mass is 427 g/mol. The van der Waals surface area contributed by atoms with Gasteiger partial charge in [-0.05, 0) is 0 Å². The fourth-order valence-corrected chi connectivity index (χ4v) is 4.12. The molecule has 1 nitrogen and oxygen atoms in total. The molecule has 1 aliphatic rings. The average Bonchev–Trinajstić information content (AvgIpc) is 2.89. The van der Waals surface area contributed by atoms with Crippen LogP contribution in [-0.4, -0.2) is 4.57 Å². The van der Waals surface area contributed by atoms with E-state index in [1.165, 1.54) is 61.3 Å². The van der Waals surface area contributed by atoms with Gasteiger partial charge in [-0.15, -0.1) is 0 Å². The molecule has 4 rings (SSSR count). The first-order chi connectivity index (χ1) is 9.16. The Morgan fingerprint density at radius 3 is 2.45 bits per heavy atom. The SMILES string of the molecule is Cc1ccc2c(c1)c1c(n2C)-c2ccc[c]([Zr+3])c2C1.[Cl-].[Cl-].[Cl-]. The van der Waals surface area contributed by atoms with Crippen LogP contribution in [0.1, 0.15) is 16.7 Å². The van der Waals surface area contributed by atoms with Crippen molar-refractivity contribution >= 4 is 14.2 Å². The molecule has 3 aromatic rings. The number of hydrogen-bond donors (Lipinski definition) is 0. The first-order valence-electron chi connectivity index (χ1n) is 6.58. The second-order valence-electron chi connectivity index (χ2n) is 5.42. The zero-order valence-electron chi connectivity index (χ0n) is 12.3. The fraction of sp³-hybridized carbons (Fsp3) is 0.176. The molecule has 112 valence electrons. The predicted octanol–water partition coefficient (Wildman–Crippen LogP) is -5.76. The number of hydrogen-bond acceptors (Lipinski definition) is 0. The standard InChI is InChI=1S/C17H14N.3ClH.Zr/c1-11-7-8-16-14(9-11)15-10-12-5-3-4-6-13(12)17(15)18(16)2;;;;/h3-4,6-9H,10H2,1-2H3;3*1H;/q;;;;+3/p-3. The van der Waals surface area contributed by atoms with Crippen LogP contribution in [0.4, 0.5) is 0 Å². The van der Waals surface area contributed by atoms with E-state index in [1.807, 2.05) is 0 Å². The molecule has 0 atom stereocenters. The van der Waals surface area contributed by atoms with Gasteiger partial charge in [0, 0.05) is 0 Å². The summed E-state index contributed by atoms with van der Waals surface area (Å²) >= 11 is 1.52. The first kappa shape index (κ1) is 19.8. The van der Waals surface area contributed by atoms with Crippen molar-refractivity contribution in [3.05, 3.63) is 53.1 Å². The third-order valence-corrected chi connectivity index (χ3v) is 5.40. The number of aryl methyl sites for hydroxylation is 2. The predicted molar refractivity (Wildman–Crippen MR) is 75.5 cm³/mol. The number of aromatic nitrogens is 1. The normalized spacial score (nSPS) is 11.1. The fourth-order valence-electron chi connectivity index (χ4n) is 3.33. The maximum Gasteiger partial charge on any atom is -1.00 e. The van der Waals surface area contributed by atoms with Crippen molar-refractivity contribution in [2.75, 3.05) is 0 Å². The summed E-state index contributed by atoms with van der Waals surface area (Å²) in [7, 11) is 2.20. The molecule has 1 heterocycles. The molecule has 0 radical (unpaired) electrons. The molecule has 0 bridgehead atoms. The van der Waals surface area contributed by atoms with Gasteiger partial charge in [-0.1, -0.05) is 0 Å². The minimum Gasteiger partial charge on any atom is -1.00 e. The largest absolute Gasteiger partial charge is 1.00 e. The zero-order valence-corrected chi connectivity index (χ0v) is 17.0. The first-order valence-corrected chi connectivity index (χ1v) is 7.81. The second-order valence-corrected chi connectivity index (χ2v) is 6.74. The summed E-state index contributed by atoms with van der Waals surface area (Å²) in [6, 6.07) is 13.5. The molecule has 5 heteroatoms. The Morgan fingerprint density at radius 2 is 1.73 bits per heavy atom. The quantitative estimate of drug-likeness (QED) is 0.263. The Morgan fingerprint density at radius 1 is 1.00 bits per heavy atom. The minimum atomic E-state index is 0. The van der Waals surface area contributed by atoms with Crippen molar-refractivity contribution in [3.8, 4) is 11.3 Å². The van der Waals surface area contributed by atoms with Crippen LogP contribution in [0.3, 0.4) is 0 Å². The summed E-state index contributed by atoms with van der Waals surface area (Å²) in [5.74, 6) is 0. The van der Waals surface area contributed by atoms with Crippen molar-refractivity contribution < 1.29 is 61.9 Å². The van der Waals surface area contributed by atoms with Gasteiger partial charge in [0.2, 0.25) is 0 Å². The van der Waals surface area contributed by atoms with Crippen LogP contribution in [0.25, 0.3) is 22.2 Å². The Bertz CT molecular complexity index is 840. The van der Waals surface area contributed by atoms with Gasteiger partial charge >= 0.3 is 128 Å². The van der Waals surface area contributed by atoms with Gasteiger partial charge in [0.05, 0.1) is 0 Å². The summed E-state index contributed by atoms with van der Waals surface area (Å²) in [4.78, 5) is 0. The van der Waals surface area contributed by atoms with E-state index in [9.17, 15) is 0 Å². The number of halogens is 3. The van der Waals surface area contributed by atoms with E-state index >= 15 is 0 Å². The van der Waals surface area contributed by atoms with E-state index < -0.39 is 0 Å². The number of fused-ring (bicyclic) bond motifs is 5.